The summed E-state index contributed by atoms with van der Waals surface area (Å²) in [5.74, 6) is 0.466. The zero-order valence-electron chi connectivity index (χ0n) is 18.2. The van der Waals surface area contributed by atoms with E-state index in [1.807, 2.05) is 53.6 Å². The minimum Gasteiger partial charge on any atom is -0.497 e. The molecule has 0 bridgehead atoms. The number of nitrogens with one attached hydrogen (secondary N) is 1. The summed E-state index contributed by atoms with van der Waals surface area (Å²) in [6.45, 7) is 0.761. The van der Waals surface area contributed by atoms with Crippen molar-refractivity contribution in [2.24, 2.45) is 0 Å². The third kappa shape index (κ3) is 4.07. The minimum absolute atomic E-state index is 0.190. The van der Waals surface area contributed by atoms with E-state index in [0.29, 0.717) is 13.1 Å². The molecular weight excluding hydrogens is 417 g/mol. The monoisotopic (exact) mass is 441 g/mol. The van der Waals surface area contributed by atoms with Crippen molar-refractivity contribution >= 4 is 6.03 Å². The Balaban J connectivity index is 1.54. The average Bonchev–Trinajstić information content (AvgIpc) is 3.28. The average molecular weight is 442 g/mol. The van der Waals surface area contributed by atoms with Crippen LogP contribution >= 0.6 is 0 Å². The van der Waals surface area contributed by atoms with Gasteiger partial charge in [-0.3, -0.25) is 0 Å². The van der Waals surface area contributed by atoms with Gasteiger partial charge in [-0.15, -0.1) is 0 Å². The van der Waals surface area contributed by atoms with Crippen molar-refractivity contribution in [3.8, 4) is 11.4 Å². The third-order valence-corrected chi connectivity index (χ3v) is 6.01. The first-order valence-electron chi connectivity index (χ1n) is 10.8. The number of hydrogen-bond donors (Lipinski definition) is 1. The highest BCUT2D eigenvalue weighted by molar-refractivity contribution is 5.76. The van der Waals surface area contributed by atoms with Crippen molar-refractivity contribution < 1.29 is 13.9 Å². The van der Waals surface area contributed by atoms with Crippen molar-refractivity contribution in [1.29, 1.82) is 0 Å². The fraction of sp³-hybridized carbons (Fsp3) is 0.148. The highest BCUT2D eigenvalue weighted by atomic mass is 19.1. The number of aromatic nitrogens is 1. The van der Waals surface area contributed by atoms with Gasteiger partial charge >= 0.3 is 6.03 Å². The van der Waals surface area contributed by atoms with E-state index in [9.17, 15) is 9.18 Å². The maximum atomic E-state index is 13.5. The lowest BCUT2D eigenvalue weighted by molar-refractivity contribution is 0.180. The molecule has 1 aromatic heterocycles. The van der Waals surface area contributed by atoms with E-state index in [2.05, 4.69) is 28.1 Å². The second-order valence-corrected chi connectivity index (χ2v) is 8.02. The Kier molecular flexibility index (Phi) is 5.57. The summed E-state index contributed by atoms with van der Waals surface area (Å²) in [5.41, 5.74) is 4.94. The summed E-state index contributed by atoms with van der Waals surface area (Å²) in [7, 11) is 1.64. The van der Waals surface area contributed by atoms with Crippen LogP contribution in [0.15, 0.2) is 91.1 Å². The standard InChI is InChI=1S/C27H24FN3O2/c1-33-23-14-10-20(11-15-23)26-25-7-4-16-30(25)24-6-3-2-5-21(24)18-31(26)27(32)29-17-19-8-12-22(28)13-9-19/h2-16,26H,17-18H2,1H3,(H,29,32). The molecule has 3 aromatic carbocycles. The number of carbonyl (C=O) groups is 1. The first-order valence-corrected chi connectivity index (χ1v) is 10.8. The Hall–Kier alpha value is -4.06. The summed E-state index contributed by atoms with van der Waals surface area (Å²) < 4.78 is 20.7. The van der Waals surface area contributed by atoms with Crippen LogP contribution in [-0.2, 0) is 13.1 Å². The van der Waals surface area contributed by atoms with Crippen LogP contribution in [-0.4, -0.2) is 22.6 Å². The second-order valence-electron chi connectivity index (χ2n) is 8.02. The van der Waals surface area contributed by atoms with E-state index in [1.54, 1.807) is 19.2 Å². The van der Waals surface area contributed by atoms with Gasteiger partial charge in [0, 0.05) is 18.4 Å². The fourth-order valence-corrected chi connectivity index (χ4v) is 4.36. The van der Waals surface area contributed by atoms with Crippen LogP contribution in [0.4, 0.5) is 9.18 Å². The molecule has 6 heteroatoms. The SMILES string of the molecule is COc1ccc(C2c3cccn3-c3ccccc3CN2C(=O)NCc2ccc(F)cc2)cc1. The summed E-state index contributed by atoms with van der Waals surface area (Å²) in [6, 6.07) is 25.7. The van der Waals surface area contributed by atoms with Gasteiger partial charge in [0.2, 0.25) is 0 Å². The second kappa shape index (κ2) is 8.82. The van der Waals surface area contributed by atoms with E-state index in [1.165, 1.54) is 12.1 Å². The molecule has 5 nitrogen and oxygen atoms in total. The zero-order chi connectivity index (χ0) is 22.8. The number of ether oxygens (including phenoxy) is 1. The van der Waals surface area contributed by atoms with Crippen LogP contribution in [0, 0.1) is 5.82 Å². The number of amides is 2. The van der Waals surface area contributed by atoms with Crippen molar-refractivity contribution in [2.45, 2.75) is 19.1 Å². The predicted molar refractivity (Wildman–Crippen MR) is 125 cm³/mol. The minimum atomic E-state index is -0.300. The normalized spacial score (nSPS) is 14.7. The number of para-hydroxylation sites is 1. The first-order chi connectivity index (χ1) is 16.1. The van der Waals surface area contributed by atoms with E-state index >= 15 is 0 Å². The number of halogens is 1. The van der Waals surface area contributed by atoms with E-state index < -0.39 is 0 Å². The smallest absolute Gasteiger partial charge is 0.318 e. The zero-order valence-corrected chi connectivity index (χ0v) is 18.2. The first kappa shape index (κ1) is 20.8. The van der Waals surface area contributed by atoms with Crippen LogP contribution in [0.2, 0.25) is 0 Å². The Morgan fingerprint density at radius 3 is 2.52 bits per heavy atom. The van der Waals surface area contributed by atoms with Crippen LogP contribution in [0.1, 0.15) is 28.4 Å². The topological polar surface area (TPSA) is 46.5 Å². The molecule has 4 aromatic rings. The van der Waals surface area contributed by atoms with Gasteiger partial charge < -0.3 is 19.5 Å². The molecule has 1 aliphatic rings. The number of urea groups is 1. The molecule has 0 radical (unpaired) electrons. The van der Waals surface area contributed by atoms with Crippen LogP contribution in [0.5, 0.6) is 5.75 Å². The number of carbonyl (C=O) groups excluding carboxylic acids is 1. The van der Waals surface area contributed by atoms with Gasteiger partial charge in [-0.2, -0.15) is 0 Å². The van der Waals surface area contributed by atoms with Gasteiger partial charge in [0.1, 0.15) is 11.6 Å². The molecule has 33 heavy (non-hydrogen) atoms. The summed E-state index contributed by atoms with van der Waals surface area (Å²) in [4.78, 5) is 15.4. The molecule has 0 spiro atoms. The van der Waals surface area contributed by atoms with Crippen LogP contribution in [0.3, 0.4) is 0 Å². The summed E-state index contributed by atoms with van der Waals surface area (Å²) in [5, 5.41) is 3.02. The quantitative estimate of drug-likeness (QED) is 0.458. The van der Waals surface area contributed by atoms with Crippen molar-refractivity contribution in [3.63, 3.8) is 0 Å². The van der Waals surface area contributed by atoms with Gasteiger partial charge in [-0.1, -0.05) is 42.5 Å². The highest BCUT2D eigenvalue weighted by Gasteiger charge is 2.32. The molecule has 2 amide bonds. The molecular formula is C27H24FN3O2. The maximum Gasteiger partial charge on any atom is 0.318 e. The lowest BCUT2D eigenvalue weighted by Gasteiger charge is -2.31. The van der Waals surface area contributed by atoms with Gasteiger partial charge in [-0.05, 0) is 59.2 Å². The Morgan fingerprint density at radius 1 is 1.00 bits per heavy atom. The Labute approximate surface area is 192 Å². The molecule has 0 aliphatic carbocycles. The molecule has 1 aliphatic heterocycles. The van der Waals surface area contributed by atoms with Crippen LogP contribution in [0.25, 0.3) is 5.69 Å². The van der Waals surface area contributed by atoms with E-state index in [-0.39, 0.29) is 17.9 Å². The summed E-state index contributed by atoms with van der Waals surface area (Å²) >= 11 is 0. The lowest BCUT2D eigenvalue weighted by atomic mass is 10.0. The molecule has 5 rings (SSSR count). The van der Waals surface area contributed by atoms with Gasteiger partial charge in [-0.25, -0.2) is 9.18 Å². The molecule has 0 saturated heterocycles. The predicted octanol–water partition coefficient (Wildman–Crippen LogP) is 5.44. The van der Waals surface area contributed by atoms with Crippen LogP contribution < -0.4 is 10.1 Å². The highest BCUT2D eigenvalue weighted by Crippen LogP contribution is 2.37. The number of fused-ring (bicyclic) bond motifs is 3. The maximum absolute atomic E-state index is 13.5. The Bertz CT molecular complexity index is 1270. The van der Waals surface area contributed by atoms with Crippen molar-refractivity contribution in [1.82, 2.24) is 14.8 Å². The van der Waals surface area contributed by atoms with E-state index in [0.717, 1.165) is 33.8 Å². The third-order valence-electron chi connectivity index (χ3n) is 6.01. The molecule has 1 N–H and O–H groups in total. The Morgan fingerprint density at radius 2 is 1.76 bits per heavy atom. The van der Waals surface area contributed by atoms with E-state index in [4.69, 9.17) is 4.74 Å². The largest absolute Gasteiger partial charge is 0.497 e. The molecule has 0 saturated carbocycles. The molecule has 166 valence electrons. The van der Waals surface area contributed by atoms with Gasteiger partial charge in [0.15, 0.2) is 0 Å². The molecule has 2 heterocycles. The number of hydrogen-bond acceptors (Lipinski definition) is 2. The molecule has 1 atom stereocenters. The molecule has 0 fully saturated rings. The molecule has 1 unspecified atom stereocenters. The van der Waals surface area contributed by atoms with Gasteiger partial charge in [0.05, 0.1) is 25.4 Å². The van der Waals surface area contributed by atoms with Crippen molar-refractivity contribution in [2.75, 3.05) is 7.11 Å². The number of nitrogens with zero attached hydrogens (tertiary/aromatic N) is 2. The number of benzene rings is 3. The number of methoxy groups -OCH3 is 1. The fourth-order valence-electron chi connectivity index (χ4n) is 4.36. The summed E-state index contributed by atoms with van der Waals surface area (Å²) in [6.07, 6.45) is 2.03. The van der Waals surface area contributed by atoms with Crippen molar-refractivity contribution in [3.05, 3.63) is 119 Å². The number of rotatable bonds is 4. The lowest BCUT2D eigenvalue weighted by Crippen LogP contribution is -2.41. The van der Waals surface area contributed by atoms with Gasteiger partial charge in [0.25, 0.3) is 0 Å².